The van der Waals surface area contributed by atoms with Gasteiger partial charge in [0, 0.05) is 26.2 Å². The summed E-state index contributed by atoms with van der Waals surface area (Å²) in [5, 5.41) is 3.27. The fourth-order valence-electron chi connectivity index (χ4n) is 2.60. The summed E-state index contributed by atoms with van der Waals surface area (Å²) < 4.78 is 68.4. The molecule has 1 aromatic heterocycles. The van der Waals surface area contributed by atoms with Crippen LogP contribution in [0, 0.1) is 5.82 Å². The third kappa shape index (κ3) is 4.14. The first-order chi connectivity index (χ1) is 13.5. The largest absolute Gasteiger partial charge is 0.471 e. The van der Waals surface area contributed by atoms with Gasteiger partial charge in [-0.2, -0.15) is 18.2 Å². The van der Waals surface area contributed by atoms with Crippen molar-refractivity contribution in [3.05, 3.63) is 65.8 Å². The summed E-state index contributed by atoms with van der Waals surface area (Å²) in [4.78, 5) is 15.3. The summed E-state index contributed by atoms with van der Waals surface area (Å²) in [5.74, 6) is -3.28. The van der Waals surface area contributed by atoms with Crippen molar-refractivity contribution >= 4 is 20.3 Å². The molecule has 1 unspecified atom stereocenters. The highest BCUT2D eigenvalue weighted by Crippen LogP contribution is 2.29. The van der Waals surface area contributed by atoms with Gasteiger partial charge < -0.3 is 10.3 Å². The van der Waals surface area contributed by atoms with Crippen LogP contribution in [0.2, 0.25) is 0 Å². The van der Waals surface area contributed by atoms with Gasteiger partial charge in [0.05, 0.1) is 0 Å². The predicted octanol–water partition coefficient (Wildman–Crippen LogP) is 2.87. The Morgan fingerprint density at radius 2 is 1.66 bits per heavy atom. The van der Waals surface area contributed by atoms with Gasteiger partial charge in [-0.1, -0.05) is 29.4 Å². The summed E-state index contributed by atoms with van der Waals surface area (Å²) in [6, 6.07) is 10.2. The second kappa shape index (κ2) is 7.32. The third-order valence-electron chi connectivity index (χ3n) is 3.95. The number of carbonyl (C=O) groups is 1. The van der Waals surface area contributed by atoms with Gasteiger partial charge in [-0.05, 0) is 29.8 Å². The summed E-state index contributed by atoms with van der Waals surface area (Å²) in [6.45, 7) is 0. The van der Waals surface area contributed by atoms with Crippen LogP contribution in [0.25, 0.3) is 11.4 Å². The number of hydrogen-bond acceptors (Lipinski definition) is 5. The minimum atomic E-state index is -4.78. The number of primary amides is 1. The quantitative estimate of drug-likeness (QED) is 0.392. The van der Waals surface area contributed by atoms with E-state index in [4.69, 9.17) is 5.73 Å². The molecule has 0 aliphatic heterocycles. The van der Waals surface area contributed by atoms with Crippen LogP contribution in [0.15, 0.2) is 57.9 Å². The van der Waals surface area contributed by atoms with Crippen LogP contribution in [0.5, 0.6) is 0 Å². The standard InChI is InChI=1S/C18H13F4N3O3S/c1-29(27,13-8-6-12(19)7-9-13)14(15(23)26)10-2-4-11(5-3-10)16-24-17(28-25-16)18(20,21)22/h2-9H,1H3,(H2,23,26). The lowest BCUT2D eigenvalue weighted by atomic mass is 10.1. The SMILES string of the molecule is CS(=O)(=C(C(N)=O)c1ccc(-c2noc(C(F)(F)F)n2)cc1)c1ccc(F)cc1. The first-order valence-corrected chi connectivity index (χ1v) is 9.90. The monoisotopic (exact) mass is 427 g/mol. The first-order valence-electron chi connectivity index (χ1n) is 7.93. The molecule has 6 nitrogen and oxygen atoms in total. The Morgan fingerprint density at radius 1 is 1.07 bits per heavy atom. The number of nitrogens with zero attached hydrogens (tertiary/aromatic N) is 2. The number of carbonyl (C=O) groups excluding carboxylic acids is 1. The maximum Gasteiger partial charge on any atom is 0.471 e. The van der Waals surface area contributed by atoms with Crippen molar-refractivity contribution in [3.8, 4) is 11.4 Å². The van der Waals surface area contributed by atoms with Crippen molar-refractivity contribution in [1.82, 2.24) is 10.1 Å². The van der Waals surface area contributed by atoms with Crippen LogP contribution < -0.4 is 5.73 Å². The molecule has 2 N–H and O–H groups in total. The Kier molecular flexibility index (Phi) is 5.18. The molecule has 0 radical (unpaired) electrons. The molecule has 152 valence electrons. The highest BCUT2D eigenvalue weighted by atomic mass is 32.2. The Labute approximate surface area is 162 Å². The lowest BCUT2D eigenvalue weighted by Gasteiger charge is -2.13. The number of benzene rings is 2. The normalized spacial score (nSPS) is 13.7. The van der Waals surface area contributed by atoms with E-state index in [2.05, 4.69) is 14.7 Å². The van der Waals surface area contributed by atoms with Gasteiger partial charge in [-0.25, -0.2) is 4.39 Å². The van der Waals surface area contributed by atoms with E-state index in [0.717, 1.165) is 12.1 Å². The molecule has 1 heterocycles. The Morgan fingerprint density at radius 3 is 2.14 bits per heavy atom. The molecule has 0 fully saturated rings. The van der Waals surface area contributed by atoms with Crippen LogP contribution in [0.1, 0.15) is 11.5 Å². The summed E-state index contributed by atoms with van der Waals surface area (Å²) >= 11 is 0. The zero-order valence-corrected chi connectivity index (χ0v) is 15.6. The smallest absolute Gasteiger partial charge is 0.365 e. The van der Waals surface area contributed by atoms with E-state index in [1.807, 2.05) is 0 Å². The van der Waals surface area contributed by atoms with Crippen molar-refractivity contribution in [2.24, 2.45) is 5.73 Å². The molecule has 1 atom stereocenters. The molecule has 0 aliphatic rings. The predicted molar refractivity (Wildman–Crippen MR) is 96.8 cm³/mol. The molecule has 29 heavy (non-hydrogen) atoms. The Hall–Kier alpha value is -3.21. The first kappa shape index (κ1) is 20.5. The number of halogens is 4. The van der Waals surface area contributed by atoms with Gasteiger partial charge in [0.1, 0.15) is 10.7 Å². The lowest BCUT2D eigenvalue weighted by Crippen LogP contribution is -2.30. The van der Waals surface area contributed by atoms with E-state index >= 15 is 0 Å². The van der Waals surface area contributed by atoms with E-state index in [1.165, 1.54) is 42.7 Å². The van der Waals surface area contributed by atoms with E-state index in [1.54, 1.807) is 0 Å². The second-order valence-corrected chi connectivity index (χ2v) is 8.56. The summed E-state index contributed by atoms with van der Waals surface area (Å²) in [6.07, 6.45) is -3.48. The average molecular weight is 427 g/mol. The number of alkyl halides is 3. The topological polar surface area (TPSA) is 99.1 Å². The molecule has 0 spiro atoms. The van der Waals surface area contributed by atoms with Crippen LogP contribution in [-0.2, 0) is 20.5 Å². The highest BCUT2D eigenvalue weighted by Gasteiger charge is 2.38. The van der Waals surface area contributed by atoms with E-state index in [0.29, 0.717) is 0 Å². The van der Waals surface area contributed by atoms with E-state index in [9.17, 15) is 26.6 Å². The van der Waals surface area contributed by atoms with Crippen molar-refractivity contribution < 1.29 is 31.1 Å². The van der Waals surface area contributed by atoms with Crippen LogP contribution in [-0.4, -0.2) is 31.4 Å². The van der Waals surface area contributed by atoms with Gasteiger partial charge in [0.15, 0.2) is 0 Å². The van der Waals surface area contributed by atoms with Gasteiger partial charge >= 0.3 is 12.1 Å². The van der Waals surface area contributed by atoms with Crippen molar-refractivity contribution in [2.45, 2.75) is 11.1 Å². The minimum Gasteiger partial charge on any atom is -0.365 e. The van der Waals surface area contributed by atoms with Crippen LogP contribution in [0.4, 0.5) is 17.6 Å². The van der Waals surface area contributed by atoms with Crippen molar-refractivity contribution in [1.29, 1.82) is 0 Å². The minimum absolute atomic E-state index is 0.182. The maximum absolute atomic E-state index is 13.3. The average Bonchev–Trinajstić information content (AvgIpc) is 3.13. The molecule has 3 rings (SSSR count). The number of aromatic nitrogens is 2. The molecule has 0 saturated heterocycles. The van der Waals surface area contributed by atoms with Crippen molar-refractivity contribution in [2.75, 3.05) is 6.26 Å². The van der Waals surface area contributed by atoms with Crippen LogP contribution in [0.3, 0.4) is 0 Å². The number of rotatable bonds is 4. The Bertz CT molecular complexity index is 1180. The third-order valence-corrected chi connectivity index (χ3v) is 6.34. The maximum atomic E-state index is 13.3. The van der Waals surface area contributed by atoms with Crippen LogP contribution >= 0.6 is 0 Å². The molecule has 2 aromatic carbocycles. The molecular weight excluding hydrogens is 414 g/mol. The van der Waals surface area contributed by atoms with Gasteiger partial charge in [-0.15, -0.1) is 0 Å². The Balaban J connectivity index is 2.06. The summed E-state index contributed by atoms with van der Waals surface area (Å²) in [7, 11) is -3.14. The lowest BCUT2D eigenvalue weighted by molar-refractivity contribution is -0.159. The fourth-order valence-corrected chi connectivity index (χ4v) is 4.46. The zero-order valence-electron chi connectivity index (χ0n) is 14.7. The number of nitrogens with two attached hydrogens (primary N) is 1. The van der Waals surface area contributed by atoms with E-state index in [-0.39, 0.29) is 26.7 Å². The molecule has 3 aromatic rings. The summed E-state index contributed by atoms with van der Waals surface area (Å²) in [5.41, 5.74) is 5.80. The van der Waals surface area contributed by atoms with Gasteiger partial charge in [0.25, 0.3) is 5.91 Å². The second-order valence-electron chi connectivity index (χ2n) is 5.99. The highest BCUT2D eigenvalue weighted by molar-refractivity contribution is 8.03. The fraction of sp³-hybridized carbons (Fsp3) is 0.111. The van der Waals surface area contributed by atoms with Gasteiger partial charge in [-0.3, -0.25) is 9.00 Å². The molecule has 11 heteroatoms. The molecule has 0 aliphatic carbocycles. The number of hydrogen-bond donors (Lipinski definition) is 1. The number of amides is 1. The van der Waals surface area contributed by atoms with E-state index < -0.39 is 33.3 Å². The molecule has 0 bridgehead atoms. The van der Waals surface area contributed by atoms with Gasteiger partial charge in [0.2, 0.25) is 5.82 Å². The zero-order chi connectivity index (χ0) is 21.4. The molecular formula is C18H13F4N3O3S. The molecule has 1 amide bonds. The van der Waals surface area contributed by atoms with Crippen molar-refractivity contribution in [3.63, 3.8) is 0 Å². The molecule has 0 saturated carbocycles.